The smallest absolute Gasteiger partial charge is 0.425 e. The van der Waals surface area contributed by atoms with Crippen LogP contribution in [0.3, 0.4) is 0 Å². The van der Waals surface area contributed by atoms with E-state index in [1.165, 1.54) is 23.1 Å². The van der Waals surface area contributed by atoms with Gasteiger partial charge in [0.05, 0.1) is 18.2 Å². The number of ether oxygens (including phenoxy) is 2. The van der Waals surface area contributed by atoms with E-state index in [-0.39, 0.29) is 35.9 Å². The Labute approximate surface area is 185 Å². The quantitative estimate of drug-likeness (QED) is 0.565. The van der Waals surface area contributed by atoms with Crippen LogP contribution >= 0.6 is 0 Å². The summed E-state index contributed by atoms with van der Waals surface area (Å²) in [6, 6.07) is 8.79. The highest BCUT2D eigenvalue weighted by atomic mass is 19.4. The van der Waals surface area contributed by atoms with Crippen molar-refractivity contribution in [3.05, 3.63) is 58.7 Å². The van der Waals surface area contributed by atoms with Crippen molar-refractivity contribution >= 4 is 5.91 Å². The van der Waals surface area contributed by atoms with Crippen LogP contribution in [0.15, 0.2) is 36.4 Å². The molecule has 1 unspecified atom stereocenters. The number of hydrogen-bond acceptors (Lipinski definition) is 4. The summed E-state index contributed by atoms with van der Waals surface area (Å²) in [6.07, 6.45) is -11.5. The number of amides is 1. The summed E-state index contributed by atoms with van der Waals surface area (Å²) in [6.45, 7) is 0.842. The van der Waals surface area contributed by atoms with Crippen molar-refractivity contribution in [2.45, 2.75) is 31.3 Å². The number of carbonyl (C=O) groups is 1. The first kappa shape index (κ1) is 24.2. The molecule has 5 nitrogen and oxygen atoms in total. The number of nitriles is 1. The van der Waals surface area contributed by atoms with Crippen LogP contribution in [0.25, 0.3) is 0 Å². The van der Waals surface area contributed by atoms with Crippen molar-refractivity contribution in [1.82, 2.24) is 4.90 Å². The van der Waals surface area contributed by atoms with E-state index in [0.717, 1.165) is 32.2 Å². The van der Waals surface area contributed by atoms with Crippen molar-refractivity contribution in [2.75, 3.05) is 20.2 Å². The summed E-state index contributed by atoms with van der Waals surface area (Å²) < 4.78 is 88.0. The largest absolute Gasteiger partial charge is 0.494 e. The van der Waals surface area contributed by atoms with Gasteiger partial charge in [-0.1, -0.05) is 18.2 Å². The van der Waals surface area contributed by atoms with Gasteiger partial charge in [-0.25, -0.2) is 0 Å². The number of hydrogen-bond donors (Lipinski definition) is 0. The van der Waals surface area contributed by atoms with Gasteiger partial charge in [-0.15, -0.1) is 0 Å². The molecule has 2 aromatic carbocycles. The van der Waals surface area contributed by atoms with Crippen LogP contribution in [0.1, 0.15) is 39.9 Å². The van der Waals surface area contributed by atoms with Gasteiger partial charge in [0.2, 0.25) is 0 Å². The van der Waals surface area contributed by atoms with Gasteiger partial charge >= 0.3 is 12.4 Å². The van der Waals surface area contributed by atoms with E-state index >= 15 is 0 Å². The molecule has 1 amide bonds. The number of rotatable bonds is 5. The van der Waals surface area contributed by atoms with E-state index in [2.05, 4.69) is 0 Å². The SMILES string of the molecule is COc1c(C#N)ccc(OC(C)C(F)(F)F)c1C(=O)N1CC(c2cccc(C(F)(F)F)c2)C1. The summed E-state index contributed by atoms with van der Waals surface area (Å²) in [5.41, 5.74) is -0.864. The molecule has 0 bridgehead atoms. The maximum atomic E-state index is 13.1. The van der Waals surface area contributed by atoms with E-state index in [9.17, 15) is 36.4 Å². The lowest BCUT2D eigenvalue weighted by atomic mass is 9.89. The number of carbonyl (C=O) groups excluding carboxylic acids is 1. The van der Waals surface area contributed by atoms with Gasteiger partial charge in [0.25, 0.3) is 5.91 Å². The lowest BCUT2D eigenvalue weighted by Crippen LogP contribution is -2.48. The molecule has 1 fully saturated rings. The standard InChI is InChI=1S/C22H18F6N2O3/c1-12(21(23,24)25)33-17-7-6-14(9-29)19(32-2)18(17)20(31)30-10-15(11-30)13-4-3-5-16(8-13)22(26,27)28/h3-8,12,15H,10-11H2,1-2H3. The average molecular weight is 472 g/mol. The second-order valence-electron chi connectivity index (χ2n) is 7.46. The Balaban J connectivity index is 1.88. The highest BCUT2D eigenvalue weighted by Gasteiger charge is 2.41. The van der Waals surface area contributed by atoms with Crippen molar-refractivity contribution in [3.63, 3.8) is 0 Å². The fraction of sp³-hybridized carbons (Fsp3) is 0.364. The van der Waals surface area contributed by atoms with Gasteiger partial charge < -0.3 is 14.4 Å². The van der Waals surface area contributed by atoms with E-state index in [0.29, 0.717) is 5.56 Å². The van der Waals surface area contributed by atoms with Crippen LogP contribution in [-0.4, -0.2) is 43.3 Å². The Morgan fingerprint density at radius 1 is 1.15 bits per heavy atom. The van der Waals surface area contributed by atoms with Crippen LogP contribution in [0.4, 0.5) is 26.3 Å². The zero-order valence-corrected chi connectivity index (χ0v) is 17.4. The maximum absolute atomic E-state index is 13.1. The Bertz CT molecular complexity index is 1090. The highest BCUT2D eigenvalue weighted by molar-refractivity contribution is 6.01. The lowest BCUT2D eigenvalue weighted by molar-refractivity contribution is -0.189. The summed E-state index contributed by atoms with van der Waals surface area (Å²) in [5, 5.41) is 9.28. The Hall–Kier alpha value is -3.42. The van der Waals surface area contributed by atoms with Crippen molar-refractivity contribution in [1.29, 1.82) is 5.26 Å². The molecule has 0 N–H and O–H groups in total. The summed E-state index contributed by atoms with van der Waals surface area (Å²) in [5.74, 6) is -1.79. The van der Waals surface area contributed by atoms with Gasteiger partial charge in [0.1, 0.15) is 17.4 Å². The maximum Gasteiger partial charge on any atom is 0.425 e. The molecule has 1 aliphatic heterocycles. The number of benzene rings is 2. The number of halogens is 6. The van der Waals surface area contributed by atoms with Gasteiger partial charge in [0.15, 0.2) is 11.9 Å². The van der Waals surface area contributed by atoms with Gasteiger partial charge in [-0.2, -0.15) is 31.6 Å². The lowest BCUT2D eigenvalue weighted by Gasteiger charge is -2.40. The molecular formula is C22H18F6N2O3. The molecule has 176 valence electrons. The third-order valence-electron chi connectivity index (χ3n) is 5.28. The molecule has 1 atom stereocenters. The number of likely N-dealkylation sites (tertiary alicyclic amines) is 1. The molecular weight excluding hydrogens is 454 g/mol. The summed E-state index contributed by atoms with van der Waals surface area (Å²) in [7, 11) is 1.16. The molecule has 1 aliphatic rings. The van der Waals surface area contributed by atoms with Crippen LogP contribution in [-0.2, 0) is 6.18 Å². The molecule has 11 heteroatoms. The zero-order valence-electron chi connectivity index (χ0n) is 17.4. The van der Waals surface area contributed by atoms with E-state index in [1.54, 1.807) is 6.07 Å². The Morgan fingerprint density at radius 2 is 1.82 bits per heavy atom. The number of nitrogens with zero attached hydrogens (tertiary/aromatic N) is 2. The molecule has 1 saturated heterocycles. The topological polar surface area (TPSA) is 62.6 Å². The zero-order chi connectivity index (χ0) is 24.6. The van der Waals surface area contributed by atoms with E-state index < -0.39 is 35.7 Å². The first-order valence-corrected chi connectivity index (χ1v) is 9.67. The summed E-state index contributed by atoms with van der Waals surface area (Å²) in [4.78, 5) is 14.4. The molecule has 0 saturated carbocycles. The van der Waals surface area contributed by atoms with Crippen molar-refractivity contribution in [3.8, 4) is 17.6 Å². The normalized spacial score (nSPS) is 15.4. The van der Waals surface area contributed by atoms with Crippen LogP contribution in [0, 0.1) is 11.3 Å². The molecule has 1 heterocycles. The van der Waals surface area contributed by atoms with Gasteiger partial charge in [0, 0.05) is 19.0 Å². The number of alkyl halides is 6. The predicted molar refractivity (Wildman–Crippen MR) is 104 cm³/mol. The second kappa shape index (κ2) is 8.84. The Kier molecular flexibility index (Phi) is 6.49. The fourth-order valence-corrected chi connectivity index (χ4v) is 3.40. The molecule has 0 spiro atoms. The monoisotopic (exact) mass is 472 g/mol. The molecule has 33 heavy (non-hydrogen) atoms. The van der Waals surface area contributed by atoms with Crippen molar-refractivity contribution in [2.24, 2.45) is 0 Å². The molecule has 0 aromatic heterocycles. The van der Waals surface area contributed by atoms with E-state index in [4.69, 9.17) is 9.47 Å². The summed E-state index contributed by atoms with van der Waals surface area (Å²) >= 11 is 0. The second-order valence-corrected chi connectivity index (χ2v) is 7.46. The third-order valence-corrected chi connectivity index (χ3v) is 5.28. The number of methoxy groups -OCH3 is 1. The average Bonchev–Trinajstić information content (AvgIpc) is 2.71. The minimum atomic E-state index is -4.70. The molecule has 2 aromatic rings. The molecule has 0 aliphatic carbocycles. The van der Waals surface area contributed by atoms with Crippen LogP contribution in [0.2, 0.25) is 0 Å². The van der Waals surface area contributed by atoms with Crippen molar-refractivity contribution < 1.29 is 40.6 Å². The van der Waals surface area contributed by atoms with E-state index in [1.807, 2.05) is 0 Å². The van der Waals surface area contributed by atoms with Crippen LogP contribution in [0.5, 0.6) is 11.5 Å². The molecule has 0 radical (unpaired) electrons. The molecule has 3 rings (SSSR count). The van der Waals surface area contributed by atoms with Gasteiger partial charge in [-0.3, -0.25) is 4.79 Å². The minimum absolute atomic E-state index is 0.0361. The fourth-order valence-electron chi connectivity index (χ4n) is 3.40. The first-order valence-electron chi connectivity index (χ1n) is 9.67. The minimum Gasteiger partial charge on any atom is -0.494 e. The first-order chi connectivity index (χ1) is 15.4. The third kappa shape index (κ3) is 4.99. The predicted octanol–water partition coefficient (Wildman–Crippen LogP) is 5.15. The highest BCUT2D eigenvalue weighted by Crippen LogP contribution is 2.39. The van der Waals surface area contributed by atoms with Gasteiger partial charge in [-0.05, 0) is 30.7 Å². The van der Waals surface area contributed by atoms with Crippen LogP contribution < -0.4 is 9.47 Å². The Morgan fingerprint density at radius 3 is 2.36 bits per heavy atom.